The zero-order valence-corrected chi connectivity index (χ0v) is 19.7. The van der Waals surface area contributed by atoms with Crippen molar-refractivity contribution >= 4 is 23.2 Å². The molecule has 3 heterocycles. The van der Waals surface area contributed by atoms with Gasteiger partial charge in [0.05, 0.1) is 41.3 Å². The number of ether oxygens (including phenoxy) is 1. The van der Waals surface area contributed by atoms with Crippen LogP contribution in [-0.2, 0) is 13.0 Å². The van der Waals surface area contributed by atoms with Crippen molar-refractivity contribution in [3.63, 3.8) is 0 Å². The number of aromatic nitrogens is 4. The number of aryl methyl sites for hydroxylation is 1. The van der Waals surface area contributed by atoms with Crippen molar-refractivity contribution in [3.05, 3.63) is 103 Å². The summed E-state index contributed by atoms with van der Waals surface area (Å²) in [6.07, 6.45) is 3.67. The van der Waals surface area contributed by atoms with Crippen LogP contribution in [0.15, 0.2) is 58.4 Å². The molecule has 0 amide bonds. The van der Waals surface area contributed by atoms with Crippen molar-refractivity contribution < 1.29 is 9.13 Å². The second-order valence-corrected chi connectivity index (χ2v) is 8.64. The van der Waals surface area contributed by atoms with Gasteiger partial charge in [0, 0.05) is 18.7 Å². The largest absolute Gasteiger partial charge is 0.493 e. The van der Waals surface area contributed by atoms with Crippen molar-refractivity contribution in [2.75, 3.05) is 11.9 Å². The van der Waals surface area contributed by atoms with Gasteiger partial charge in [-0.1, -0.05) is 17.7 Å². The molecule has 0 fully saturated rings. The molecule has 0 spiro atoms. The van der Waals surface area contributed by atoms with E-state index in [0.717, 1.165) is 21.8 Å². The van der Waals surface area contributed by atoms with Crippen molar-refractivity contribution in [2.45, 2.75) is 19.9 Å². The maximum Gasteiger partial charge on any atom is 0.359 e. The van der Waals surface area contributed by atoms with Crippen molar-refractivity contribution in [2.24, 2.45) is 0 Å². The lowest BCUT2D eigenvalue weighted by atomic mass is 10.1. The lowest BCUT2D eigenvalue weighted by molar-refractivity contribution is 0.357. The highest BCUT2D eigenvalue weighted by molar-refractivity contribution is 6.33. The maximum atomic E-state index is 13.9. The zero-order chi connectivity index (χ0) is 25.4. The first-order valence-electron chi connectivity index (χ1n) is 10.9. The number of rotatable bonds is 5. The van der Waals surface area contributed by atoms with Crippen molar-refractivity contribution in [3.8, 4) is 17.5 Å². The van der Waals surface area contributed by atoms with Crippen LogP contribution in [0.1, 0.15) is 22.3 Å². The zero-order valence-electron chi connectivity index (χ0n) is 19.0. The van der Waals surface area contributed by atoms with Crippen LogP contribution in [0.2, 0.25) is 5.02 Å². The van der Waals surface area contributed by atoms with E-state index in [0.29, 0.717) is 35.1 Å². The Labute approximate surface area is 209 Å². The highest BCUT2D eigenvalue weighted by Crippen LogP contribution is 2.35. The van der Waals surface area contributed by atoms with Crippen LogP contribution in [0.3, 0.4) is 0 Å². The van der Waals surface area contributed by atoms with E-state index in [-0.39, 0.29) is 23.7 Å². The van der Waals surface area contributed by atoms with E-state index in [1.165, 1.54) is 22.9 Å². The summed E-state index contributed by atoms with van der Waals surface area (Å²) in [6.45, 7) is 2.21. The smallest absolute Gasteiger partial charge is 0.359 e. The third-order valence-electron chi connectivity index (χ3n) is 5.71. The Morgan fingerprint density at radius 3 is 2.83 bits per heavy atom. The number of fused-ring (bicyclic) bond motifs is 1. The Morgan fingerprint density at radius 2 is 2.06 bits per heavy atom. The molecule has 2 aromatic carbocycles. The van der Waals surface area contributed by atoms with Crippen LogP contribution in [0, 0.1) is 24.1 Å². The Morgan fingerprint density at radius 1 is 1.22 bits per heavy atom. The molecule has 0 atom stereocenters. The summed E-state index contributed by atoms with van der Waals surface area (Å²) in [4.78, 5) is 34.8. The predicted molar refractivity (Wildman–Crippen MR) is 131 cm³/mol. The fraction of sp³-hybridized carbons (Fsp3) is 0.160. The minimum absolute atomic E-state index is 0.0644. The third-order valence-corrected chi connectivity index (χ3v) is 6.02. The molecule has 0 saturated heterocycles. The standard InChI is InChI=1S/C25H18ClFN6O3/c1-14-6-18(12-29-11-14)33-24(34)31-23(30-21-8-16-4-5-36-22(16)9-19(21)26)32(25(33)35)13-15-2-3-20(27)17(7-15)10-28/h2-3,6-9,11-12H,4-5,13H2,1H3,(H,30,31,34). The molecule has 0 radical (unpaired) electrons. The summed E-state index contributed by atoms with van der Waals surface area (Å²) in [5.41, 5.74) is 1.14. The van der Waals surface area contributed by atoms with Crippen molar-refractivity contribution in [1.82, 2.24) is 19.1 Å². The lowest BCUT2D eigenvalue weighted by Gasteiger charge is -2.17. The van der Waals surface area contributed by atoms with E-state index in [1.54, 1.807) is 37.4 Å². The Bertz CT molecular complexity index is 1670. The van der Waals surface area contributed by atoms with Gasteiger partial charge in [-0.2, -0.15) is 10.2 Å². The van der Waals surface area contributed by atoms with Crippen LogP contribution in [-0.4, -0.2) is 25.7 Å². The van der Waals surface area contributed by atoms with Gasteiger partial charge in [0.25, 0.3) is 0 Å². The van der Waals surface area contributed by atoms with Gasteiger partial charge >= 0.3 is 11.4 Å². The second kappa shape index (κ2) is 9.28. The van der Waals surface area contributed by atoms with Crippen molar-refractivity contribution in [1.29, 1.82) is 5.26 Å². The maximum absolute atomic E-state index is 13.9. The van der Waals surface area contributed by atoms with E-state index in [1.807, 2.05) is 0 Å². The Balaban J connectivity index is 1.67. The summed E-state index contributed by atoms with van der Waals surface area (Å²) in [5.74, 6) is -0.0629. The molecule has 0 bridgehead atoms. The van der Waals surface area contributed by atoms with Gasteiger partial charge in [-0.3, -0.25) is 9.55 Å². The number of benzene rings is 2. The fourth-order valence-corrected chi connectivity index (χ4v) is 4.17. The first-order valence-corrected chi connectivity index (χ1v) is 11.3. The van der Waals surface area contributed by atoms with E-state index in [4.69, 9.17) is 16.3 Å². The predicted octanol–water partition coefficient (Wildman–Crippen LogP) is 3.49. The van der Waals surface area contributed by atoms with Crippen LogP contribution in [0.25, 0.3) is 5.69 Å². The molecule has 36 heavy (non-hydrogen) atoms. The summed E-state index contributed by atoms with van der Waals surface area (Å²) >= 11 is 6.42. The van der Waals surface area contributed by atoms with Crippen LogP contribution < -0.4 is 21.4 Å². The van der Waals surface area contributed by atoms with Gasteiger partial charge in [-0.15, -0.1) is 0 Å². The fourth-order valence-electron chi connectivity index (χ4n) is 3.97. The lowest BCUT2D eigenvalue weighted by Crippen LogP contribution is -2.41. The molecule has 5 rings (SSSR count). The number of nitrogens with zero attached hydrogens (tertiary/aromatic N) is 5. The summed E-state index contributed by atoms with van der Waals surface area (Å²) in [6, 6.07) is 10.8. The molecule has 180 valence electrons. The molecular formula is C25H18ClFN6O3. The van der Waals surface area contributed by atoms with Gasteiger partial charge in [0.15, 0.2) is 0 Å². The molecule has 11 heteroatoms. The first-order chi connectivity index (χ1) is 17.3. The average molecular weight is 505 g/mol. The number of hydrogen-bond acceptors (Lipinski definition) is 7. The molecule has 4 aromatic rings. The SMILES string of the molecule is Cc1cncc(-n2c(=O)nc(Nc3cc4c(cc3Cl)OCC4)n(Cc3ccc(F)c(C#N)c3)c2=O)c1. The average Bonchev–Trinajstić information content (AvgIpc) is 3.29. The molecule has 0 unspecified atom stereocenters. The summed E-state index contributed by atoms with van der Waals surface area (Å²) in [7, 11) is 0. The monoisotopic (exact) mass is 504 g/mol. The van der Waals surface area contributed by atoms with E-state index in [2.05, 4.69) is 15.3 Å². The number of nitriles is 1. The normalized spacial score (nSPS) is 12.1. The number of nitrogens with one attached hydrogen (secondary N) is 1. The number of anilines is 2. The van der Waals surface area contributed by atoms with Crippen LogP contribution in [0.5, 0.6) is 5.75 Å². The molecule has 0 aliphatic carbocycles. The molecule has 0 saturated carbocycles. The molecule has 9 nitrogen and oxygen atoms in total. The van der Waals surface area contributed by atoms with E-state index >= 15 is 0 Å². The van der Waals surface area contributed by atoms with E-state index in [9.17, 15) is 19.2 Å². The first kappa shape index (κ1) is 23.3. The molecule has 2 aromatic heterocycles. The van der Waals surface area contributed by atoms with Gasteiger partial charge < -0.3 is 10.1 Å². The number of hydrogen-bond donors (Lipinski definition) is 1. The van der Waals surface area contributed by atoms with Crippen LogP contribution >= 0.6 is 11.6 Å². The number of halogens is 2. The summed E-state index contributed by atoms with van der Waals surface area (Å²) < 4.78 is 21.5. The molecule has 1 N–H and O–H groups in total. The highest BCUT2D eigenvalue weighted by Gasteiger charge is 2.20. The van der Waals surface area contributed by atoms with E-state index < -0.39 is 17.2 Å². The quantitative estimate of drug-likeness (QED) is 0.442. The minimum atomic E-state index is -0.816. The van der Waals surface area contributed by atoms with Gasteiger partial charge in [0.1, 0.15) is 17.6 Å². The molecule has 1 aliphatic rings. The minimum Gasteiger partial charge on any atom is -0.493 e. The van der Waals surface area contributed by atoms with Gasteiger partial charge in [-0.05, 0) is 47.9 Å². The van der Waals surface area contributed by atoms with Gasteiger partial charge in [0.2, 0.25) is 5.95 Å². The number of pyridine rings is 1. The topological polar surface area (TPSA) is 115 Å². The third kappa shape index (κ3) is 4.32. The van der Waals surface area contributed by atoms with Crippen LogP contribution in [0.4, 0.5) is 16.0 Å². The second-order valence-electron chi connectivity index (χ2n) is 8.23. The highest BCUT2D eigenvalue weighted by atomic mass is 35.5. The Hall–Kier alpha value is -4.49. The molecule has 1 aliphatic heterocycles. The van der Waals surface area contributed by atoms with Gasteiger partial charge in [-0.25, -0.2) is 18.5 Å². The summed E-state index contributed by atoms with van der Waals surface area (Å²) in [5, 5.41) is 12.5. The molecular weight excluding hydrogens is 487 g/mol. The Kier molecular flexibility index (Phi) is 6.00.